The quantitative estimate of drug-likeness (QED) is 0.726. The number of hydrogen-bond donors (Lipinski definition) is 1. The highest BCUT2D eigenvalue weighted by Crippen LogP contribution is 2.21. The topological polar surface area (TPSA) is 28.4 Å². The highest BCUT2D eigenvalue weighted by molar-refractivity contribution is 5.85. The Hall–Kier alpha value is -1.000. The van der Waals surface area contributed by atoms with Crippen LogP contribution in [0.4, 0.5) is 0 Å². The number of halogens is 2. The predicted octanol–water partition coefficient (Wildman–Crippen LogP) is 4.22. The smallest absolute Gasteiger partial charge is 0.134 e. The Kier molecular flexibility index (Phi) is 11.0. The zero-order valence-corrected chi connectivity index (χ0v) is 14.9. The van der Waals surface area contributed by atoms with Crippen molar-refractivity contribution in [1.82, 2.24) is 10.2 Å². The number of hydrogen-bond acceptors (Lipinski definition) is 3. The van der Waals surface area contributed by atoms with E-state index in [-0.39, 0.29) is 24.8 Å². The summed E-state index contributed by atoms with van der Waals surface area (Å²) in [6.07, 6.45) is 0. The summed E-state index contributed by atoms with van der Waals surface area (Å²) in [4.78, 5) is 2.41. The molecule has 0 radical (unpaired) electrons. The van der Waals surface area contributed by atoms with Crippen molar-refractivity contribution in [1.29, 1.82) is 0 Å². The fourth-order valence-corrected chi connectivity index (χ4v) is 2.22. The van der Waals surface area contributed by atoms with E-state index in [0.717, 1.165) is 49.8 Å². The van der Waals surface area contributed by atoms with E-state index >= 15 is 0 Å². The van der Waals surface area contributed by atoms with Crippen LogP contribution in [0.2, 0.25) is 0 Å². The Bertz CT molecular complexity index is 498. The Morgan fingerprint density at radius 3 is 2.27 bits per heavy atom. The highest BCUT2D eigenvalue weighted by Gasteiger charge is 2.04. The second kappa shape index (κ2) is 11.6. The Morgan fingerprint density at radius 2 is 1.64 bits per heavy atom. The standard InChI is InChI=1S/C17H24N2O.2ClH/c1-3-19(4-2)13-12-18-14-16-10-11-17(20-16)15-8-6-5-7-9-15;;/h5-11,18H,3-4,12-14H2,1-2H3;2*1H. The van der Waals surface area contributed by atoms with Crippen LogP contribution < -0.4 is 5.32 Å². The van der Waals surface area contributed by atoms with Crippen molar-refractivity contribution >= 4 is 24.8 Å². The lowest BCUT2D eigenvalue weighted by atomic mass is 10.2. The summed E-state index contributed by atoms with van der Waals surface area (Å²) in [5.41, 5.74) is 1.13. The minimum Gasteiger partial charge on any atom is -0.460 e. The zero-order chi connectivity index (χ0) is 14.2. The third-order valence-corrected chi connectivity index (χ3v) is 3.52. The molecule has 0 aliphatic carbocycles. The van der Waals surface area contributed by atoms with Gasteiger partial charge in [-0.15, -0.1) is 24.8 Å². The minimum atomic E-state index is 0. The molecule has 2 aromatic rings. The van der Waals surface area contributed by atoms with Crippen LogP contribution in [0.15, 0.2) is 46.9 Å². The molecule has 0 bridgehead atoms. The van der Waals surface area contributed by atoms with Crippen molar-refractivity contribution in [2.45, 2.75) is 20.4 Å². The summed E-state index contributed by atoms with van der Waals surface area (Å²) in [7, 11) is 0. The van der Waals surface area contributed by atoms with E-state index in [1.54, 1.807) is 0 Å². The third-order valence-electron chi connectivity index (χ3n) is 3.52. The molecule has 3 nitrogen and oxygen atoms in total. The van der Waals surface area contributed by atoms with Gasteiger partial charge >= 0.3 is 0 Å². The highest BCUT2D eigenvalue weighted by atomic mass is 35.5. The van der Waals surface area contributed by atoms with Gasteiger partial charge in [0.2, 0.25) is 0 Å². The van der Waals surface area contributed by atoms with E-state index in [9.17, 15) is 0 Å². The summed E-state index contributed by atoms with van der Waals surface area (Å²) in [6.45, 7) is 9.47. The molecule has 0 amide bonds. The van der Waals surface area contributed by atoms with Gasteiger partial charge in [-0.2, -0.15) is 0 Å². The first-order chi connectivity index (χ1) is 9.83. The largest absolute Gasteiger partial charge is 0.460 e. The lowest BCUT2D eigenvalue weighted by molar-refractivity contribution is 0.300. The van der Waals surface area contributed by atoms with E-state index < -0.39 is 0 Å². The number of furan rings is 1. The summed E-state index contributed by atoms with van der Waals surface area (Å²) in [5, 5.41) is 3.43. The summed E-state index contributed by atoms with van der Waals surface area (Å²) in [5.74, 6) is 1.93. The molecule has 2 rings (SSSR count). The van der Waals surface area contributed by atoms with E-state index in [1.165, 1.54) is 0 Å². The Balaban J connectivity index is 0.00000220. The monoisotopic (exact) mass is 344 g/mol. The first-order valence-corrected chi connectivity index (χ1v) is 7.40. The molecule has 5 heteroatoms. The van der Waals surface area contributed by atoms with Crippen LogP contribution in [0.3, 0.4) is 0 Å². The Labute approximate surface area is 145 Å². The zero-order valence-electron chi connectivity index (χ0n) is 13.2. The first kappa shape index (κ1) is 21.0. The molecule has 0 atom stereocenters. The molecule has 1 aromatic carbocycles. The molecule has 124 valence electrons. The average Bonchev–Trinajstić information content (AvgIpc) is 2.97. The molecule has 0 saturated heterocycles. The molecule has 1 N–H and O–H groups in total. The molecule has 0 fully saturated rings. The van der Waals surface area contributed by atoms with Crippen LogP contribution in [0, 0.1) is 0 Å². The van der Waals surface area contributed by atoms with Crippen molar-refractivity contribution < 1.29 is 4.42 Å². The Morgan fingerprint density at radius 1 is 0.955 bits per heavy atom. The number of benzene rings is 1. The van der Waals surface area contributed by atoms with Crippen molar-refractivity contribution in [2.75, 3.05) is 26.2 Å². The SMILES string of the molecule is CCN(CC)CCNCc1ccc(-c2ccccc2)o1.Cl.Cl. The van der Waals surface area contributed by atoms with E-state index in [4.69, 9.17) is 4.42 Å². The molecule has 0 unspecified atom stereocenters. The third kappa shape index (κ3) is 6.41. The van der Waals surface area contributed by atoms with E-state index in [0.29, 0.717) is 0 Å². The van der Waals surface area contributed by atoms with Gasteiger partial charge in [0.05, 0.1) is 6.54 Å². The van der Waals surface area contributed by atoms with Crippen LogP contribution in [-0.2, 0) is 6.54 Å². The molecule has 0 spiro atoms. The van der Waals surface area contributed by atoms with Crippen LogP contribution >= 0.6 is 24.8 Å². The van der Waals surface area contributed by atoms with E-state index in [1.807, 2.05) is 30.3 Å². The van der Waals surface area contributed by atoms with Crippen molar-refractivity contribution in [3.63, 3.8) is 0 Å². The molecule has 0 aliphatic rings. The van der Waals surface area contributed by atoms with Crippen LogP contribution in [0.1, 0.15) is 19.6 Å². The van der Waals surface area contributed by atoms with Gasteiger partial charge in [-0.25, -0.2) is 0 Å². The number of nitrogens with zero attached hydrogens (tertiary/aromatic N) is 1. The minimum absolute atomic E-state index is 0. The number of nitrogens with one attached hydrogen (secondary N) is 1. The molecular weight excluding hydrogens is 319 g/mol. The first-order valence-electron chi connectivity index (χ1n) is 7.40. The van der Waals surface area contributed by atoms with Crippen molar-refractivity contribution in [3.05, 3.63) is 48.2 Å². The van der Waals surface area contributed by atoms with Gasteiger partial charge in [0.1, 0.15) is 11.5 Å². The van der Waals surface area contributed by atoms with Gasteiger partial charge in [0, 0.05) is 18.7 Å². The lowest BCUT2D eigenvalue weighted by Crippen LogP contribution is -2.31. The van der Waals surface area contributed by atoms with Crippen molar-refractivity contribution in [3.8, 4) is 11.3 Å². The lowest BCUT2D eigenvalue weighted by Gasteiger charge is -2.17. The second-order valence-electron chi connectivity index (χ2n) is 4.84. The summed E-state index contributed by atoms with van der Waals surface area (Å²) >= 11 is 0. The fraction of sp³-hybridized carbons (Fsp3) is 0.412. The van der Waals surface area contributed by atoms with Crippen LogP contribution in [0.25, 0.3) is 11.3 Å². The number of rotatable bonds is 8. The second-order valence-corrected chi connectivity index (χ2v) is 4.84. The van der Waals surface area contributed by atoms with E-state index in [2.05, 4.69) is 36.2 Å². The van der Waals surface area contributed by atoms with Crippen LogP contribution in [-0.4, -0.2) is 31.1 Å². The predicted molar refractivity (Wildman–Crippen MR) is 98.1 cm³/mol. The normalized spacial score (nSPS) is 10.1. The van der Waals surface area contributed by atoms with Gasteiger partial charge in [0.25, 0.3) is 0 Å². The molecule has 0 aliphatic heterocycles. The van der Waals surface area contributed by atoms with Gasteiger partial charge in [-0.3, -0.25) is 0 Å². The fourth-order valence-electron chi connectivity index (χ4n) is 2.22. The van der Waals surface area contributed by atoms with Crippen LogP contribution in [0.5, 0.6) is 0 Å². The number of likely N-dealkylation sites (N-methyl/N-ethyl adjacent to an activating group) is 1. The summed E-state index contributed by atoms with van der Waals surface area (Å²) < 4.78 is 5.85. The molecular formula is C17H26Cl2N2O. The molecule has 22 heavy (non-hydrogen) atoms. The van der Waals surface area contributed by atoms with Crippen molar-refractivity contribution in [2.24, 2.45) is 0 Å². The van der Waals surface area contributed by atoms with Gasteiger partial charge in [-0.05, 0) is 25.2 Å². The van der Waals surface area contributed by atoms with Gasteiger partial charge in [-0.1, -0.05) is 44.2 Å². The van der Waals surface area contributed by atoms with Gasteiger partial charge in [0.15, 0.2) is 0 Å². The molecule has 1 heterocycles. The maximum absolute atomic E-state index is 5.85. The average molecular weight is 345 g/mol. The molecule has 1 aromatic heterocycles. The maximum atomic E-state index is 5.85. The molecule has 0 saturated carbocycles. The summed E-state index contributed by atoms with van der Waals surface area (Å²) in [6, 6.07) is 14.3. The maximum Gasteiger partial charge on any atom is 0.134 e. The van der Waals surface area contributed by atoms with Gasteiger partial charge < -0.3 is 14.6 Å².